The van der Waals surface area contributed by atoms with Crippen LogP contribution in [0.3, 0.4) is 0 Å². The molecule has 1 amide bonds. The number of aryl methyl sites for hydroxylation is 1. The maximum Gasteiger partial charge on any atom is 0.294 e. The molecular weight excluding hydrogens is 378 g/mol. The SMILES string of the molecule is CCn1ncc(-c2cc(C(=O)Nc3ccc(CN4CCC(C)CC4)cc3)on2)c1C. The minimum absolute atomic E-state index is 0.181. The maximum atomic E-state index is 12.6. The summed E-state index contributed by atoms with van der Waals surface area (Å²) in [4.78, 5) is 15.1. The van der Waals surface area contributed by atoms with Gasteiger partial charge < -0.3 is 9.84 Å². The average molecular weight is 408 g/mol. The van der Waals surface area contributed by atoms with Crippen molar-refractivity contribution in [3.63, 3.8) is 0 Å². The summed E-state index contributed by atoms with van der Waals surface area (Å²) in [7, 11) is 0. The average Bonchev–Trinajstić information content (AvgIpc) is 3.37. The van der Waals surface area contributed by atoms with Crippen LogP contribution >= 0.6 is 0 Å². The molecule has 1 aliphatic rings. The second-order valence-corrected chi connectivity index (χ2v) is 8.15. The highest BCUT2D eigenvalue weighted by atomic mass is 16.5. The standard InChI is InChI=1S/C23H29N5O2/c1-4-28-17(3)20(14-24-28)21-13-22(30-26-21)23(29)25-19-7-5-18(6-8-19)15-27-11-9-16(2)10-12-27/h5-8,13-14,16H,4,9-12,15H2,1-3H3,(H,25,29). The van der Waals surface area contributed by atoms with Gasteiger partial charge in [-0.15, -0.1) is 0 Å². The zero-order chi connectivity index (χ0) is 21.1. The minimum atomic E-state index is -0.313. The summed E-state index contributed by atoms with van der Waals surface area (Å²) in [5, 5.41) is 11.2. The Morgan fingerprint density at radius 1 is 1.23 bits per heavy atom. The number of nitrogens with one attached hydrogen (secondary N) is 1. The van der Waals surface area contributed by atoms with Gasteiger partial charge in [0.05, 0.1) is 6.20 Å². The normalized spacial score (nSPS) is 15.4. The molecule has 0 bridgehead atoms. The molecule has 0 unspecified atom stereocenters. The first-order valence-electron chi connectivity index (χ1n) is 10.7. The van der Waals surface area contributed by atoms with Crippen molar-refractivity contribution < 1.29 is 9.32 Å². The molecule has 30 heavy (non-hydrogen) atoms. The first-order valence-corrected chi connectivity index (χ1v) is 10.7. The smallest absolute Gasteiger partial charge is 0.294 e. The number of amides is 1. The molecule has 4 rings (SSSR count). The molecule has 0 atom stereocenters. The fourth-order valence-electron chi connectivity index (χ4n) is 3.89. The summed E-state index contributed by atoms with van der Waals surface area (Å²) in [6, 6.07) is 9.67. The molecule has 3 aromatic rings. The Labute approximate surface area is 177 Å². The first kappa shape index (κ1) is 20.3. The van der Waals surface area contributed by atoms with Gasteiger partial charge in [0.1, 0.15) is 5.69 Å². The molecule has 1 N–H and O–H groups in total. The number of carbonyl (C=O) groups is 1. The Morgan fingerprint density at radius 3 is 2.63 bits per heavy atom. The number of likely N-dealkylation sites (tertiary alicyclic amines) is 1. The van der Waals surface area contributed by atoms with Crippen molar-refractivity contribution in [1.29, 1.82) is 0 Å². The lowest BCUT2D eigenvalue weighted by Crippen LogP contribution is -2.32. The van der Waals surface area contributed by atoms with Crippen molar-refractivity contribution >= 4 is 11.6 Å². The van der Waals surface area contributed by atoms with E-state index in [4.69, 9.17) is 4.52 Å². The molecule has 1 fully saturated rings. The maximum absolute atomic E-state index is 12.6. The lowest BCUT2D eigenvalue weighted by molar-refractivity contribution is 0.0988. The van der Waals surface area contributed by atoms with Crippen molar-refractivity contribution in [2.24, 2.45) is 5.92 Å². The zero-order valence-electron chi connectivity index (χ0n) is 17.9. The number of rotatable bonds is 6. The molecule has 0 aliphatic carbocycles. The van der Waals surface area contributed by atoms with Crippen LogP contribution in [0.2, 0.25) is 0 Å². The molecule has 0 saturated carbocycles. The molecule has 0 radical (unpaired) electrons. The Kier molecular flexibility index (Phi) is 5.99. The fraction of sp³-hybridized carbons (Fsp3) is 0.435. The molecule has 1 aliphatic heterocycles. The molecule has 158 valence electrons. The van der Waals surface area contributed by atoms with Gasteiger partial charge in [-0.2, -0.15) is 5.10 Å². The van der Waals surface area contributed by atoms with E-state index in [2.05, 4.69) is 39.5 Å². The van der Waals surface area contributed by atoms with E-state index in [1.165, 1.54) is 18.4 Å². The molecule has 1 aromatic carbocycles. The van der Waals surface area contributed by atoms with Gasteiger partial charge in [-0.1, -0.05) is 24.2 Å². The second-order valence-electron chi connectivity index (χ2n) is 8.15. The zero-order valence-corrected chi connectivity index (χ0v) is 17.9. The summed E-state index contributed by atoms with van der Waals surface area (Å²) in [5.74, 6) is 0.703. The first-order chi connectivity index (χ1) is 14.5. The lowest BCUT2D eigenvalue weighted by atomic mass is 9.99. The van der Waals surface area contributed by atoms with Crippen LogP contribution in [0.15, 0.2) is 41.1 Å². The summed E-state index contributed by atoms with van der Waals surface area (Å²) in [6.07, 6.45) is 4.29. The molecule has 2 aromatic heterocycles. The third-order valence-corrected chi connectivity index (χ3v) is 5.91. The fourth-order valence-corrected chi connectivity index (χ4v) is 3.89. The van der Waals surface area contributed by atoms with E-state index in [1.54, 1.807) is 12.3 Å². The number of hydrogen-bond acceptors (Lipinski definition) is 5. The number of hydrogen-bond donors (Lipinski definition) is 1. The Morgan fingerprint density at radius 2 is 1.97 bits per heavy atom. The second kappa shape index (κ2) is 8.83. The highest BCUT2D eigenvalue weighted by molar-refractivity contribution is 6.02. The largest absolute Gasteiger partial charge is 0.350 e. The molecule has 1 saturated heterocycles. The highest BCUT2D eigenvalue weighted by Crippen LogP contribution is 2.23. The van der Waals surface area contributed by atoms with E-state index < -0.39 is 0 Å². The van der Waals surface area contributed by atoms with Crippen molar-refractivity contribution in [2.45, 2.75) is 46.7 Å². The lowest BCUT2D eigenvalue weighted by Gasteiger charge is -2.30. The van der Waals surface area contributed by atoms with Crippen LogP contribution in [-0.4, -0.2) is 38.8 Å². The minimum Gasteiger partial charge on any atom is -0.350 e. The number of nitrogens with zero attached hydrogens (tertiary/aromatic N) is 4. The van der Waals surface area contributed by atoms with Gasteiger partial charge in [0.2, 0.25) is 5.76 Å². The number of carbonyl (C=O) groups excluding carboxylic acids is 1. The van der Waals surface area contributed by atoms with Gasteiger partial charge >= 0.3 is 0 Å². The number of piperidine rings is 1. The van der Waals surface area contributed by atoms with Crippen LogP contribution in [0, 0.1) is 12.8 Å². The highest BCUT2D eigenvalue weighted by Gasteiger charge is 2.18. The van der Waals surface area contributed by atoms with Crippen LogP contribution in [-0.2, 0) is 13.1 Å². The molecule has 7 nitrogen and oxygen atoms in total. The molecule has 3 heterocycles. The van der Waals surface area contributed by atoms with Crippen LogP contribution < -0.4 is 5.32 Å². The van der Waals surface area contributed by atoms with Crippen molar-refractivity contribution in [2.75, 3.05) is 18.4 Å². The monoisotopic (exact) mass is 407 g/mol. The third-order valence-electron chi connectivity index (χ3n) is 5.91. The summed E-state index contributed by atoms with van der Waals surface area (Å²) >= 11 is 0. The molecular formula is C23H29N5O2. The van der Waals surface area contributed by atoms with Crippen LogP contribution in [0.25, 0.3) is 11.3 Å². The quantitative estimate of drug-likeness (QED) is 0.657. The van der Waals surface area contributed by atoms with Crippen LogP contribution in [0.4, 0.5) is 5.69 Å². The van der Waals surface area contributed by atoms with Crippen molar-refractivity contribution in [1.82, 2.24) is 19.8 Å². The van der Waals surface area contributed by atoms with E-state index in [-0.39, 0.29) is 11.7 Å². The van der Waals surface area contributed by atoms with E-state index >= 15 is 0 Å². The third kappa shape index (κ3) is 4.46. The Hall–Kier alpha value is -2.93. The Bertz CT molecular complexity index is 997. The van der Waals surface area contributed by atoms with E-state index in [9.17, 15) is 4.79 Å². The predicted molar refractivity (Wildman–Crippen MR) is 116 cm³/mol. The number of benzene rings is 1. The van der Waals surface area contributed by atoms with E-state index in [0.29, 0.717) is 5.69 Å². The predicted octanol–water partition coefficient (Wildman–Crippen LogP) is 4.35. The van der Waals surface area contributed by atoms with Gasteiger partial charge in [-0.05, 0) is 63.4 Å². The summed E-state index contributed by atoms with van der Waals surface area (Å²) < 4.78 is 7.16. The van der Waals surface area contributed by atoms with Gasteiger partial charge in [0.15, 0.2) is 0 Å². The van der Waals surface area contributed by atoms with Gasteiger partial charge in [-0.25, -0.2) is 0 Å². The number of aromatic nitrogens is 3. The van der Waals surface area contributed by atoms with E-state index in [0.717, 1.165) is 49.0 Å². The van der Waals surface area contributed by atoms with Gasteiger partial charge in [0, 0.05) is 36.1 Å². The summed E-state index contributed by atoms with van der Waals surface area (Å²) in [6.45, 7) is 10.4. The van der Waals surface area contributed by atoms with Gasteiger partial charge in [0.25, 0.3) is 5.91 Å². The van der Waals surface area contributed by atoms with E-state index in [1.807, 2.05) is 30.7 Å². The molecule has 7 heteroatoms. The summed E-state index contributed by atoms with van der Waals surface area (Å²) in [5.41, 5.74) is 4.48. The van der Waals surface area contributed by atoms with Crippen molar-refractivity contribution in [3.8, 4) is 11.3 Å². The molecule has 0 spiro atoms. The van der Waals surface area contributed by atoms with Crippen molar-refractivity contribution in [3.05, 3.63) is 53.5 Å². The topological polar surface area (TPSA) is 76.2 Å². The van der Waals surface area contributed by atoms with Crippen LogP contribution in [0.5, 0.6) is 0 Å². The number of anilines is 1. The Balaban J connectivity index is 1.37. The van der Waals surface area contributed by atoms with Gasteiger partial charge in [-0.3, -0.25) is 14.4 Å². The van der Waals surface area contributed by atoms with Crippen LogP contribution in [0.1, 0.15) is 48.5 Å².